The van der Waals surface area contributed by atoms with Crippen LogP contribution in [0.1, 0.15) is 12.8 Å². The van der Waals surface area contributed by atoms with Crippen molar-refractivity contribution < 1.29 is 14.7 Å². The quantitative estimate of drug-likeness (QED) is 0.902. The molecule has 0 aromatic carbocycles. The summed E-state index contributed by atoms with van der Waals surface area (Å²) in [4.78, 5) is 41.9. The fourth-order valence-electron chi connectivity index (χ4n) is 2.63. The lowest BCUT2D eigenvalue weighted by molar-refractivity contribution is -0.145. The van der Waals surface area contributed by atoms with E-state index in [0.717, 1.165) is 0 Å². The number of carbonyl (C=O) groups excluding carboxylic acids is 1. The van der Waals surface area contributed by atoms with Crippen LogP contribution in [0.4, 0.5) is 0 Å². The summed E-state index contributed by atoms with van der Waals surface area (Å²) in [6.45, 7) is 0.771. The van der Waals surface area contributed by atoms with Crippen molar-refractivity contribution in [2.45, 2.75) is 19.4 Å². The van der Waals surface area contributed by atoms with Crippen LogP contribution >= 0.6 is 11.3 Å². The Labute approximate surface area is 129 Å². The minimum absolute atomic E-state index is 0.0602. The van der Waals surface area contributed by atoms with Crippen molar-refractivity contribution in [1.82, 2.24) is 14.5 Å². The van der Waals surface area contributed by atoms with Crippen LogP contribution in [-0.4, -0.2) is 44.5 Å². The van der Waals surface area contributed by atoms with Crippen molar-refractivity contribution in [1.29, 1.82) is 0 Å². The molecule has 0 unspecified atom stereocenters. The third-order valence-corrected chi connectivity index (χ3v) is 4.77. The second-order valence-corrected chi connectivity index (χ2v) is 6.20. The van der Waals surface area contributed by atoms with E-state index in [1.807, 2.05) is 0 Å². The zero-order valence-electron chi connectivity index (χ0n) is 11.8. The Morgan fingerprint density at radius 3 is 2.77 bits per heavy atom. The number of carboxylic acid groups (broad SMARTS) is 1. The van der Waals surface area contributed by atoms with E-state index in [1.165, 1.54) is 22.2 Å². The van der Waals surface area contributed by atoms with E-state index >= 15 is 0 Å². The molecule has 8 heteroatoms. The number of nitrogens with zero attached hydrogens (tertiary/aromatic N) is 3. The van der Waals surface area contributed by atoms with E-state index in [4.69, 9.17) is 5.11 Å². The lowest BCUT2D eigenvalue weighted by atomic mass is 9.97. The molecule has 0 radical (unpaired) electrons. The van der Waals surface area contributed by atoms with Crippen LogP contribution in [0.15, 0.2) is 22.6 Å². The Morgan fingerprint density at radius 1 is 1.36 bits per heavy atom. The van der Waals surface area contributed by atoms with Crippen LogP contribution in [0.5, 0.6) is 0 Å². The summed E-state index contributed by atoms with van der Waals surface area (Å²) in [5.74, 6) is -1.37. The van der Waals surface area contributed by atoms with Gasteiger partial charge in [0, 0.05) is 13.1 Å². The van der Waals surface area contributed by atoms with Crippen molar-refractivity contribution in [2.24, 2.45) is 5.92 Å². The van der Waals surface area contributed by atoms with Gasteiger partial charge in [-0.1, -0.05) is 0 Å². The molecule has 116 valence electrons. The van der Waals surface area contributed by atoms with E-state index in [1.54, 1.807) is 16.3 Å². The summed E-state index contributed by atoms with van der Waals surface area (Å²) in [7, 11) is 0. The molecule has 0 bridgehead atoms. The Balaban J connectivity index is 1.70. The van der Waals surface area contributed by atoms with E-state index < -0.39 is 5.97 Å². The average molecular weight is 321 g/mol. The highest BCUT2D eigenvalue weighted by molar-refractivity contribution is 7.16. The number of carbonyl (C=O) groups is 2. The first-order valence-electron chi connectivity index (χ1n) is 6.99. The summed E-state index contributed by atoms with van der Waals surface area (Å²) in [5.41, 5.74) is -0.222. The zero-order valence-corrected chi connectivity index (χ0v) is 12.6. The third kappa shape index (κ3) is 2.74. The number of hydrogen-bond acceptors (Lipinski definition) is 5. The fourth-order valence-corrected chi connectivity index (χ4v) is 3.35. The summed E-state index contributed by atoms with van der Waals surface area (Å²) in [6, 6.07) is 1.70. The van der Waals surface area contributed by atoms with Gasteiger partial charge in [0.05, 0.1) is 17.6 Å². The number of amides is 1. The van der Waals surface area contributed by atoms with Crippen LogP contribution in [0.3, 0.4) is 0 Å². The maximum Gasteiger partial charge on any atom is 0.306 e. The largest absolute Gasteiger partial charge is 0.481 e. The predicted octanol–water partition coefficient (Wildman–Crippen LogP) is 0.781. The number of fused-ring (bicyclic) bond motifs is 1. The first-order valence-corrected chi connectivity index (χ1v) is 7.87. The number of piperidine rings is 1. The molecule has 1 N–H and O–H groups in total. The van der Waals surface area contributed by atoms with Gasteiger partial charge >= 0.3 is 5.97 Å². The molecule has 2 aromatic heterocycles. The predicted molar refractivity (Wildman–Crippen MR) is 80.8 cm³/mol. The van der Waals surface area contributed by atoms with Gasteiger partial charge in [-0.15, -0.1) is 11.3 Å². The number of hydrogen-bond donors (Lipinski definition) is 1. The molecular formula is C14H15N3O4S. The summed E-state index contributed by atoms with van der Waals surface area (Å²) in [5, 5.41) is 11.3. The zero-order chi connectivity index (χ0) is 15.7. The molecule has 1 aliphatic heterocycles. The molecule has 1 saturated heterocycles. The Morgan fingerprint density at radius 2 is 2.09 bits per heavy atom. The molecule has 0 saturated carbocycles. The van der Waals surface area contributed by atoms with Crippen molar-refractivity contribution in [2.75, 3.05) is 13.1 Å². The van der Waals surface area contributed by atoms with Gasteiger partial charge in [-0.05, 0) is 24.3 Å². The third-order valence-electron chi connectivity index (χ3n) is 3.95. The number of likely N-dealkylation sites (tertiary alicyclic amines) is 1. The first-order chi connectivity index (χ1) is 10.6. The number of carboxylic acids is 1. The Bertz CT molecular complexity index is 774. The van der Waals surface area contributed by atoms with E-state index in [2.05, 4.69) is 4.98 Å². The van der Waals surface area contributed by atoms with Gasteiger partial charge in [-0.3, -0.25) is 19.0 Å². The smallest absolute Gasteiger partial charge is 0.306 e. The second kappa shape index (κ2) is 5.88. The number of aliphatic carboxylic acids is 1. The maximum atomic E-state index is 12.3. The highest BCUT2D eigenvalue weighted by atomic mass is 32.1. The summed E-state index contributed by atoms with van der Waals surface area (Å²) >= 11 is 1.38. The van der Waals surface area contributed by atoms with Crippen molar-refractivity contribution >= 4 is 33.4 Å². The number of thiophene rings is 1. The highest BCUT2D eigenvalue weighted by Gasteiger charge is 2.27. The van der Waals surface area contributed by atoms with Crippen LogP contribution in [0.25, 0.3) is 10.2 Å². The molecule has 3 rings (SSSR count). The molecule has 0 aliphatic carbocycles. The van der Waals surface area contributed by atoms with Gasteiger partial charge in [-0.25, -0.2) is 4.98 Å². The average Bonchev–Trinajstić information content (AvgIpc) is 2.99. The molecule has 0 spiro atoms. The van der Waals surface area contributed by atoms with Crippen molar-refractivity contribution in [3.63, 3.8) is 0 Å². The summed E-state index contributed by atoms with van der Waals surface area (Å²) < 4.78 is 1.31. The van der Waals surface area contributed by atoms with Gasteiger partial charge in [0.25, 0.3) is 5.56 Å². The van der Waals surface area contributed by atoms with E-state index in [0.29, 0.717) is 36.1 Å². The topological polar surface area (TPSA) is 92.5 Å². The summed E-state index contributed by atoms with van der Waals surface area (Å²) in [6.07, 6.45) is 2.30. The molecule has 2 aromatic rings. The van der Waals surface area contributed by atoms with E-state index in [-0.39, 0.29) is 23.9 Å². The second-order valence-electron chi connectivity index (χ2n) is 5.31. The minimum Gasteiger partial charge on any atom is -0.481 e. The Hall–Kier alpha value is -2.22. The van der Waals surface area contributed by atoms with Gasteiger partial charge in [0.15, 0.2) is 0 Å². The lowest BCUT2D eigenvalue weighted by Gasteiger charge is -2.30. The molecule has 0 atom stereocenters. The van der Waals surface area contributed by atoms with Crippen LogP contribution in [0.2, 0.25) is 0 Å². The molecule has 7 nitrogen and oxygen atoms in total. The first kappa shape index (κ1) is 14.7. The molecule has 1 fully saturated rings. The lowest BCUT2D eigenvalue weighted by Crippen LogP contribution is -2.42. The molecular weight excluding hydrogens is 306 g/mol. The van der Waals surface area contributed by atoms with Gasteiger partial charge < -0.3 is 10.0 Å². The molecule has 22 heavy (non-hydrogen) atoms. The maximum absolute atomic E-state index is 12.3. The molecule has 1 amide bonds. The SMILES string of the molecule is O=C(O)C1CCN(C(=O)Cn2cnc3sccc3c2=O)CC1. The monoisotopic (exact) mass is 321 g/mol. The Kier molecular flexibility index (Phi) is 3.93. The molecule has 3 heterocycles. The van der Waals surface area contributed by atoms with Crippen molar-refractivity contribution in [3.8, 4) is 0 Å². The van der Waals surface area contributed by atoms with Crippen LogP contribution < -0.4 is 5.56 Å². The van der Waals surface area contributed by atoms with Crippen LogP contribution in [0, 0.1) is 5.92 Å². The van der Waals surface area contributed by atoms with Gasteiger partial charge in [0.1, 0.15) is 11.4 Å². The number of aromatic nitrogens is 2. The van der Waals surface area contributed by atoms with Crippen molar-refractivity contribution in [3.05, 3.63) is 28.1 Å². The van der Waals surface area contributed by atoms with E-state index in [9.17, 15) is 14.4 Å². The normalized spacial score (nSPS) is 16.1. The fraction of sp³-hybridized carbons (Fsp3) is 0.429. The highest BCUT2D eigenvalue weighted by Crippen LogP contribution is 2.18. The minimum atomic E-state index is -0.810. The number of rotatable bonds is 3. The van der Waals surface area contributed by atoms with Gasteiger partial charge in [0.2, 0.25) is 5.91 Å². The standard InChI is InChI=1S/C14H15N3O4S/c18-11(16-4-1-9(2-5-16)14(20)21)7-17-8-15-12-10(13(17)19)3-6-22-12/h3,6,8-9H,1-2,4-5,7H2,(H,20,21). The molecule has 1 aliphatic rings. The van der Waals surface area contributed by atoms with Gasteiger partial charge in [-0.2, -0.15) is 0 Å². The van der Waals surface area contributed by atoms with Crippen LogP contribution in [-0.2, 0) is 16.1 Å².